The number of hydrogen-bond acceptors (Lipinski definition) is 3. The monoisotopic (exact) mass is 320 g/mol. The van der Waals surface area contributed by atoms with Gasteiger partial charge in [0.15, 0.2) is 0 Å². The molecule has 6 nitrogen and oxygen atoms in total. The van der Waals surface area contributed by atoms with E-state index in [-0.39, 0.29) is 49.3 Å². The molecule has 1 N–H and O–H groups in total. The molecule has 0 aromatic heterocycles. The minimum absolute atomic E-state index is 0.0184. The lowest BCUT2D eigenvalue weighted by Crippen LogP contribution is -2.49. The lowest BCUT2D eigenvalue weighted by molar-refractivity contribution is -0.120. The van der Waals surface area contributed by atoms with Gasteiger partial charge in [-0.15, -0.1) is 0 Å². The summed E-state index contributed by atoms with van der Waals surface area (Å²) in [4.78, 5) is 31.6. The second-order valence-corrected chi connectivity index (χ2v) is 5.65. The fourth-order valence-electron chi connectivity index (χ4n) is 2.35. The number of urea groups is 1. The Morgan fingerprint density at radius 3 is 2.74 bits per heavy atom. The van der Waals surface area contributed by atoms with Gasteiger partial charge < -0.3 is 4.90 Å². The molecule has 1 aliphatic heterocycles. The van der Waals surface area contributed by atoms with Crippen molar-refractivity contribution in [3.05, 3.63) is 35.7 Å². The van der Waals surface area contributed by atoms with E-state index >= 15 is 0 Å². The van der Waals surface area contributed by atoms with Crippen LogP contribution in [0.5, 0.6) is 0 Å². The topological polar surface area (TPSA) is 65.0 Å². The van der Waals surface area contributed by atoms with E-state index in [0.29, 0.717) is 0 Å². The van der Waals surface area contributed by atoms with Crippen molar-refractivity contribution in [1.82, 2.24) is 15.1 Å². The number of halogens is 1. The number of hydrogen-bond donors (Lipinski definition) is 1. The number of nitrogens with one attached hydrogen (secondary N) is 1. The van der Waals surface area contributed by atoms with Gasteiger partial charge in [-0.25, -0.2) is 9.18 Å². The molecule has 0 aromatic carbocycles. The van der Waals surface area contributed by atoms with Crippen molar-refractivity contribution in [3.63, 3.8) is 0 Å². The zero-order valence-electron chi connectivity index (χ0n) is 13.5. The van der Waals surface area contributed by atoms with Gasteiger partial charge in [-0.3, -0.25) is 20.0 Å². The molecule has 0 saturated carbocycles. The fourth-order valence-corrected chi connectivity index (χ4v) is 2.35. The number of rotatable bonds is 3. The summed E-state index contributed by atoms with van der Waals surface area (Å²) < 4.78 is 13.3. The zero-order valence-corrected chi connectivity index (χ0v) is 13.5. The molecule has 124 valence electrons. The minimum Gasteiger partial charge on any atom is -0.313 e. The average molecular weight is 320 g/mol. The SMILES string of the molecule is CN=C1NC(=O)CN(C(C)C)C(=O)N1CC1=CC=C(F)CC=C1. The van der Waals surface area contributed by atoms with Gasteiger partial charge in [0.25, 0.3) is 0 Å². The third kappa shape index (κ3) is 4.06. The van der Waals surface area contributed by atoms with Crippen molar-refractivity contribution in [1.29, 1.82) is 0 Å². The van der Waals surface area contributed by atoms with Crippen LogP contribution in [0.2, 0.25) is 0 Å². The molecule has 1 aliphatic carbocycles. The predicted octanol–water partition coefficient (Wildman–Crippen LogP) is 1.97. The summed E-state index contributed by atoms with van der Waals surface area (Å²) >= 11 is 0. The normalized spacial score (nSPS) is 21.2. The number of guanidine groups is 1. The Labute approximate surface area is 135 Å². The second kappa shape index (κ2) is 7.21. The maximum atomic E-state index is 13.3. The molecular formula is C16H21FN4O2. The molecule has 23 heavy (non-hydrogen) atoms. The quantitative estimate of drug-likeness (QED) is 0.864. The number of carbonyl (C=O) groups is 2. The van der Waals surface area contributed by atoms with E-state index < -0.39 is 0 Å². The van der Waals surface area contributed by atoms with Crippen molar-refractivity contribution in [2.45, 2.75) is 26.3 Å². The highest BCUT2D eigenvalue weighted by Gasteiger charge is 2.33. The van der Waals surface area contributed by atoms with Crippen LogP contribution in [0.3, 0.4) is 0 Å². The number of aliphatic imine (C=N–C) groups is 1. The second-order valence-electron chi connectivity index (χ2n) is 5.65. The molecule has 2 aliphatic rings. The first-order chi connectivity index (χ1) is 10.9. The Bertz CT molecular complexity index is 620. The largest absolute Gasteiger partial charge is 0.327 e. The van der Waals surface area contributed by atoms with E-state index in [4.69, 9.17) is 0 Å². The van der Waals surface area contributed by atoms with Gasteiger partial charge in [0.2, 0.25) is 11.9 Å². The Kier molecular flexibility index (Phi) is 5.31. The van der Waals surface area contributed by atoms with Crippen LogP contribution in [0, 0.1) is 0 Å². The van der Waals surface area contributed by atoms with E-state index in [2.05, 4.69) is 10.3 Å². The molecule has 0 atom stereocenters. The zero-order chi connectivity index (χ0) is 17.0. The molecule has 3 amide bonds. The van der Waals surface area contributed by atoms with Gasteiger partial charge in [-0.1, -0.05) is 18.2 Å². The summed E-state index contributed by atoms with van der Waals surface area (Å²) in [7, 11) is 1.51. The lowest BCUT2D eigenvalue weighted by atomic mass is 10.2. The molecule has 0 aromatic rings. The molecule has 0 spiro atoms. The Balaban J connectivity index is 2.31. The van der Waals surface area contributed by atoms with Gasteiger partial charge in [0, 0.05) is 19.5 Å². The Morgan fingerprint density at radius 1 is 1.35 bits per heavy atom. The number of allylic oxidation sites excluding steroid dienone is 4. The van der Waals surface area contributed by atoms with Crippen LogP contribution in [0.25, 0.3) is 0 Å². The minimum atomic E-state index is -0.304. The third-order valence-electron chi connectivity index (χ3n) is 3.60. The van der Waals surface area contributed by atoms with Crippen LogP contribution >= 0.6 is 0 Å². The van der Waals surface area contributed by atoms with Crippen molar-refractivity contribution in [2.24, 2.45) is 4.99 Å². The molecule has 0 bridgehead atoms. The number of nitrogens with zero attached hydrogens (tertiary/aromatic N) is 3. The van der Waals surface area contributed by atoms with E-state index in [1.807, 2.05) is 13.8 Å². The van der Waals surface area contributed by atoms with Crippen LogP contribution in [0.15, 0.2) is 40.7 Å². The molecule has 1 fully saturated rings. The van der Waals surface area contributed by atoms with Gasteiger partial charge in [0.05, 0.1) is 6.54 Å². The van der Waals surface area contributed by atoms with Crippen LogP contribution in [-0.4, -0.2) is 53.9 Å². The van der Waals surface area contributed by atoms with Crippen LogP contribution in [-0.2, 0) is 4.79 Å². The van der Waals surface area contributed by atoms with Crippen molar-refractivity contribution in [2.75, 3.05) is 20.1 Å². The standard InChI is InChI=1S/C16H21FN4O2/c1-11(2)20-10-14(22)19-15(18-3)21(16(20)23)9-12-5-4-6-13(17)8-7-12/h4-5,7-8,11H,6,9-10H2,1-3H3,(H,18,19,22). The first kappa shape index (κ1) is 16.9. The van der Waals surface area contributed by atoms with Crippen molar-refractivity contribution < 1.29 is 14.0 Å². The molecule has 1 heterocycles. The smallest absolute Gasteiger partial charge is 0.313 e. The molecular weight excluding hydrogens is 299 g/mol. The number of carbonyl (C=O) groups excluding carboxylic acids is 2. The first-order valence-corrected chi connectivity index (χ1v) is 7.49. The summed E-state index contributed by atoms with van der Waals surface area (Å²) in [5.41, 5.74) is 0.756. The molecule has 0 radical (unpaired) electrons. The maximum Gasteiger partial charge on any atom is 0.327 e. The first-order valence-electron chi connectivity index (χ1n) is 7.49. The maximum absolute atomic E-state index is 13.3. The van der Waals surface area contributed by atoms with Gasteiger partial charge in [-0.05, 0) is 25.5 Å². The van der Waals surface area contributed by atoms with Gasteiger partial charge >= 0.3 is 6.03 Å². The lowest BCUT2D eigenvalue weighted by Gasteiger charge is -2.29. The van der Waals surface area contributed by atoms with E-state index in [1.54, 1.807) is 18.2 Å². The Morgan fingerprint density at radius 2 is 2.09 bits per heavy atom. The van der Waals surface area contributed by atoms with Crippen LogP contribution in [0.1, 0.15) is 20.3 Å². The molecule has 1 saturated heterocycles. The summed E-state index contributed by atoms with van der Waals surface area (Å²) in [5, 5.41) is 2.64. The van der Waals surface area contributed by atoms with Crippen LogP contribution in [0.4, 0.5) is 9.18 Å². The highest BCUT2D eigenvalue weighted by Crippen LogP contribution is 2.16. The summed E-state index contributed by atoms with van der Waals surface area (Å²) in [5.74, 6) is -0.322. The highest BCUT2D eigenvalue weighted by atomic mass is 19.1. The Hall–Kier alpha value is -2.44. The number of amides is 3. The molecule has 0 unspecified atom stereocenters. The third-order valence-corrected chi connectivity index (χ3v) is 3.60. The van der Waals surface area contributed by atoms with E-state index in [0.717, 1.165) is 5.57 Å². The summed E-state index contributed by atoms with van der Waals surface area (Å²) in [6.45, 7) is 3.88. The summed E-state index contributed by atoms with van der Waals surface area (Å²) in [6, 6.07) is -0.426. The molecule has 2 rings (SSSR count). The van der Waals surface area contributed by atoms with E-state index in [1.165, 1.54) is 22.9 Å². The van der Waals surface area contributed by atoms with Crippen LogP contribution < -0.4 is 5.32 Å². The van der Waals surface area contributed by atoms with Gasteiger partial charge in [-0.2, -0.15) is 0 Å². The van der Waals surface area contributed by atoms with Crippen molar-refractivity contribution >= 4 is 17.9 Å². The van der Waals surface area contributed by atoms with E-state index in [9.17, 15) is 14.0 Å². The van der Waals surface area contributed by atoms with Crippen molar-refractivity contribution in [3.8, 4) is 0 Å². The predicted molar refractivity (Wildman–Crippen MR) is 86.5 cm³/mol. The summed E-state index contributed by atoms with van der Waals surface area (Å²) in [6.07, 6.45) is 6.73. The molecule has 7 heteroatoms. The highest BCUT2D eigenvalue weighted by molar-refractivity contribution is 6.08. The average Bonchev–Trinajstić information content (AvgIpc) is 2.77. The fraction of sp³-hybridized carbons (Fsp3) is 0.438. The van der Waals surface area contributed by atoms with Gasteiger partial charge in [0.1, 0.15) is 12.4 Å².